The minimum absolute atomic E-state index is 0.0591. The highest BCUT2D eigenvalue weighted by Gasteiger charge is 2.30. The van der Waals surface area contributed by atoms with Crippen LogP contribution in [0.2, 0.25) is 0 Å². The number of hydrogen-bond donors (Lipinski definition) is 1. The van der Waals surface area contributed by atoms with Gasteiger partial charge in [-0.3, -0.25) is 0 Å². The van der Waals surface area contributed by atoms with Crippen LogP contribution in [0.1, 0.15) is 66.2 Å². The molecule has 1 aliphatic rings. The van der Waals surface area contributed by atoms with Gasteiger partial charge in [0.05, 0.1) is 6.10 Å². The van der Waals surface area contributed by atoms with Gasteiger partial charge in [-0.15, -0.1) is 0 Å². The number of nitrogens with zero attached hydrogens (tertiary/aromatic N) is 1. The molecule has 0 spiro atoms. The molecule has 0 aromatic rings. The minimum atomic E-state index is -0.0591. The summed E-state index contributed by atoms with van der Waals surface area (Å²) in [4.78, 5) is 2.54. The van der Waals surface area contributed by atoms with Crippen LogP contribution in [0.5, 0.6) is 0 Å². The van der Waals surface area contributed by atoms with Crippen molar-refractivity contribution < 1.29 is 5.11 Å². The van der Waals surface area contributed by atoms with E-state index in [-0.39, 0.29) is 6.10 Å². The summed E-state index contributed by atoms with van der Waals surface area (Å²) in [6, 6.07) is 0.601. The predicted octanol–water partition coefficient (Wildman–Crippen LogP) is 3.68. The molecule has 1 rings (SSSR count). The number of rotatable bonds is 7. The van der Waals surface area contributed by atoms with Gasteiger partial charge in [-0.25, -0.2) is 0 Å². The molecule has 0 heterocycles. The van der Waals surface area contributed by atoms with Crippen molar-refractivity contribution in [2.75, 3.05) is 13.1 Å². The predicted molar refractivity (Wildman–Crippen MR) is 78.7 cm³/mol. The summed E-state index contributed by atoms with van der Waals surface area (Å²) in [6.45, 7) is 11.3. The maximum absolute atomic E-state index is 10.2. The molecule has 2 nitrogen and oxygen atoms in total. The van der Waals surface area contributed by atoms with Crippen molar-refractivity contribution in [3.05, 3.63) is 0 Å². The van der Waals surface area contributed by atoms with E-state index in [1.807, 2.05) is 0 Å². The second kappa shape index (κ2) is 8.16. The monoisotopic (exact) mass is 255 g/mol. The molecule has 3 unspecified atom stereocenters. The average molecular weight is 255 g/mol. The number of hydrogen-bond acceptors (Lipinski definition) is 2. The third kappa shape index (κ3) is 4.89. The zero-order chi connectivity index (χ0) is 13.5. The number of aliphatic hydroxyl groups excluding tert-OH is 1. The third-order valence-electron chi connectivity index (χ3n) is 4.46. The molecule has 1 N–H and O–H groups in total. The lowest BCUT2D eigenvalue weighted by Crippen LogP contribution is -2.42. The smallest absolute Gasteiger partial charge is 0.0580 e. The van der Waals surface area contributed by atoms with Gasteiger partial charge in [0.15, 0.2) is 0 Å². The van der Waals surface area contributed by atoms with Crippen molar-refractivity contribution >= 4 is 0 Å². The van der Waals surface area contributed by atoms with E-state index in [9.17, 15) is 5.11 Å². The quantitative estimate of drug-likeness (QED) is 0.750. The van der Waals surface area contributed by atoms with E-state index >= 15 is 0 Å². The van der Waals surface area contributed by atoms with Crippen LogP contribution in [0.25, 0.3) is 0 Å². The fourth-order valence-electron chi connectivity index (χ4n) is 3.36. The molecular formula is C16H33NO. The first-order valence-corrected chi connectivity index (χ1v) is 8.00. The van der Waals surface area contributed by atoms with Crippen LogP contribution in [0.15, 0.2) is 0 Å². The summed E-state index contributed by atoms with van der Waals surface area (Å²) in [5.41, 5.74) is 0. The lowest BCUT2D eigenvalue weighted by atomic mass is 9.77. The number of aliphatic hydroxyl groups is 1. The normalized spacial score (nSPS) is 29.2. The Kier molecular flexibility index (Phi) is 7.25. The summed E-state index contributed by atoms with van der Waals surface area (Å²) in [6.07, 6.45) is 7.28. The Balaban J connectivity index is 2.50. The van der Waals surface area contributed by atoms with Gasteiger partial charge in [0, 0.05) is 12.6 Å². The molecule has 3 atom stereocenters. The summed E-state index contributed by atoms with van der Waals surface area (Å²) in [5, 5.41) is 10.2. The lowest BCUT2D eigenvalue weighted by molar-refractivity contribution is 0.0201. The van der Waals surface area contributed by atoms with Crippen molar-refractivity contribution in [3.63, 3.8) is 0 Å². The Hall–Kier alpha value is -0.0800. The Morgan fingerprint density at radius 3 is 2.44 bits per heavy atom. The lowest BCUT2D eigenvalue weighted by Gasteiger charge is -2.38. The van der Waals surface area contributed by atoms with Crippen LogP contribution < -0.4 is 0 Å². The molecule has 0 bridgehead atoms. The van der Waals surface area contributed by atoms with Crippen LogP contribution in [0, 0.1) is 11.8 Å². The first-order chi connectivity index (χ1) is 8.58. The zero-order valence-electron chi connectivity index (χ0n) is 12.9. The molecular weight excluding hydrogens is 222 g/mol. The van der Waals surface area contributed by atoms with Gasteiger partial charge in [0.25, 0.3) is 0 Å². The van der Waals surface area contributed by atoms with Gasteiger partial charge in [-0.2, -0.15) is 0 Å². The van der Waals surface area contributed by atoms with Crippen molar-refractivity contribution in [1.29, 1.82) is 0 Å². The minimum Gasteiger partial charge on any atom is -0.393 e. The highest BCUT2D eigenvalue weighted by atomic mass is 16.3. The standard InChI is InChI=1S/C16H33NO/c1-5-7-14-8-9-16(18)15(11-14)12-17(10-6-2)13(3)4/h13-16,18H,5-12H2,1-4H3. The van der Waals surface area contributed by atoms with Gasteiger partial charge in [-0.1, -0.05) is 26.7 Å². The SMILES string of the molecule is CCCC1CCC(O)C(CN(CCC)C(C)C)C1. The topological polar surface area (TPSA) is 23.5 Å². The molecule has 2 heteroatoms. The molecule has 0 saturated heterocycles. The van der Waals surface area contributed by atoms with Crippen molar-refractivity contribution in [2.24, 2.45) is 11.8 Å². The van der Waals surface area contributed by atoms with Crippen LogP contribution >= 0.6 is 0 Å². The van der Waals surface area contributed by atoms with Crippen molar-refractivity contribution in [3.8, 4) is 0 Å². The molecule has 0 aromatic heterocycles. The maximum Gasteiger partial charge on any atom is 0.0580 e. The van der Waals surface area contributed by atoms with E-state index in [2.05, 4.69) is 32.6 Å². The van der Waals surface area contributed by atoms with Crippen LogP contribution in [-0.2, 0) is 0 Å². The van der Waals surface area contributed by atoms with E-state index in [1.165, 1.54) is 38.6 Å². The van der Waals surface area contributed by atoms with E-state index in [1.54, 1.807) is 0 Å². The maximum atomic E-state index is 10.2. The van der Waals surface area contributed by atoms with E-state index in [0.29, 0.717) is 12.0 Å². The van der Waals surface area contributed by atoms with E-state index < -0.39 is 0 Å². The summed E-state index contributed by atoms with van der Waals surface area (Å²) >= 11 is 0. The van der Waals surface area contributed by atoms with Gasteiger partial charge in [0.1, 0.15) is 0 Å². The van der Waals surface area contributed by atoms with Crippen LogP contribution in [0.3, 0.4) is 0 Å². The van der Waals surface area contributed by atoms with Gasteiger partial charge < -0.3 is 10.0 Å². The molecule has 0 radical (unpaired) electrons. The van der Waals surface area contributed by atoms with E-state index in [4.69, 9.17) is 0 Å². The Bertz CT molecular complexity index is 217. The highest BCUT2D eigenvalue weighted by molar-refractivity contribution is 4.82. The Labute approximate surface area is 114 Å². The van der Waals surface area contributed by atoms with Crippen LogP contribution in [-0.4, -0.2) is 35.2 Å². The highest BCUT2D eigenvalue weighted by Crippen LogP contribution is 2.33. The summed E-state index contributed by atoms with van der Waals surface area (Å²) < 4.78 is 0. The molecule has 0 aromatic carbocycles. The van der Waals surface area contributed by atoms with Crippen LogP contribution in [0.4, 0.5) is 0 Å². The van der Waals surface area contributed by atoms with Gasteiger partial charge >= 0.3 is 0 Å². The third-order valence-corrected chi connectivity index (χ3v) is 4.46. The first-order valence-electron chi connectivity index (χ1n) is 8.00. The molecule has 1 aliphatic carbocycles. The molecule has 18 heavy (non-hydrogen) atoms. The summed E-state index contributed by atoms with van der Waals surface area (Å²) in [5.74, 6) is 1.36. The molecule has 1 fully saturated rings. The Morgan fingerprint density at radius 1 is 1.17 bits per heavy atom. The second-order valence-corrected chi connectivity index (χ2v) is 6.38. The fraction of sp³-hybridized carbons (Fsp3) is 1.00. The Morgan fingerprint density at radius 2 is 1.89 bits per heavy atom. The fourth-order valence-corrected chi connectivity index (χ4v) is 3.36. The average Bonchev–Trinajstić information content (AvgIpc) is 2.33. The van der Waals surface area contributed by atoms with Gasteiger partial charge in [-0.05, 0) is 57.9 Å². The van der Waals surface area contributed by atoms with E-state index in [0.717, 1.165) is 18.9 Å². The summed E-state index contributed by atoms with van der Waals surface area (Å²) in [7, 11) is 0. The second-order valence-electron chi connectivity index (χ2n) is 6.38. The molecule has 1 saturated carbocycles. The first kappa shape index (κ1) is 16.0. The van der Waals surface area contributed by atoms with Crippen molar-refractivity contribution in [2.45, 2.75) is 78.4 Å². The van der Waals surface area contributed by atoms with Crippen molar-refractivity contribution in [1.82, 2.24) is 4.90 Å². The van der Waals surface area contributed by atoms with Gasteiger partial charge in [0.2, 0.25) is 0 Å². The zero-order valence-corrected chi connectivity index (χ0v) is 12.9. The largest absolute Gasteiger partial charge is 0.393 e. The molecule has 108 valence electrons. The molecule has 0 amide bonds. The molecule has 0 aliphatic heterocycles.